The number of hydrogen-bond acceptors (Lipinski definition) is 4. The molecule has 0 spiro atoms. The highest BCUT2D eigenvalue weighted by molar-refractivity contribution is 7.91. The van der Waals surface area contributed by atoms with E-state index in [-0.39, 0.29) is 11.8 Å². The minimum atomic E-state index is -4.57. The van der Waals surface area contributed by atoms with Crippen LogP contribution in [0.4, 0.5) is 14.5 Å². The molecule has 0 bridgehead atoms. The van der Waals surface area contributed by atoms with E-state index in [1.54, 1.807) is 0 Å². The van der Waals surface area contributed by atoms with Gasteiger partial charge in [-0.1, -0.05) is 0 Å². The highest BCUT2D eigenvalue weighted by Crippen LogP contribution is 2.26. The molecule has 1 fully saturated rings. The van der Waals surface area contributed by atoms with E-state index in [2.05, 4.69) is 0 Å². The number of halogens is 2. The minimum Gasteiger partial charge on any atom is -0.371 e. The maximum absolute atomic E-state index is 12.4. The molecule has 1 aromatic rings. The zero-order valence-electron chi connectivity index (χ0n) is 11.2. The molecule has 0 aliphatic carbocycles. The molecule has 0 aromatic heterocycles. The number of rotatable bonds is 4. The highest BCUT2D eigenvalue weighted by Gasteiger charge is 2.27. The van der Waals surface area contributed by atoms with Crippen molar-refractivity contribution < 1.29 is 22.0 Å². The van der Waals surface area contributed by atoms with Crippen LogP contribution < -0.4 is 10.6 Å². The standard InChI is InChI=1S/C13H16F2N2O3S/c14-13(15)21(19,20)11-5-3-10(4-6-11)17-7-1-2-9(8-17)12(16)18/h3-6,9,13H,1-2,7-8H2,(H2,16,18)/t9-/m1/s1. The van der Waals surface area contributed by atoms with Crippen LogP contribution in [0.25, 0.3) is 0 Å². The van der Waals surface area contributed by atoms with Crippen LogP contribution in [0.15, 0.2) is 29.2 Å². The van der Waals surface area contributed by atoms with Gasteiger partial charge in [0.25, 0.3) is 0 Å². The third-order valence-electron chi connectivity index (χ3n) is 3.59. The van der Waals surface area contributed by atoms with Gasteiger partial charge in [-0.05, 0) is 37.1 Å². The second kappa shape index (κ2) is 5.97. The molecule has 8 heteroatoms. The van der Waals surface area contributed by atoms with E-state index in [1.165, 1.54) is 12.1 Å². The summed E-state index contributed by atoms with van der Waals surface area (Å²) >= 11 is 0. The Hall–Kier alpha value is -1.70. The zero-order chi connectivity index (χ0) is 15.6. The van der Waals surface area contributed by atoms with Crippen molar-refractivity contribution >= 4 is 21.4 Å². The van der Waals surface area contributed by atoms with Crippen molar-refractivity contribution in [3.05, 3.63) is 24.3 Å². The number of alkyl halides is 2. The van der Waals surface area contributed by atoms with Crippen LogP contribution in [-0.2, 0) is 14.6 Å². The van der Waals surface area contributed by atoms with Gasteiger partial charge in [0.1, 0.15) is 0 Å². The summed E-state index contributed by atoms with van der Waals surface area (Å²) in [7, 11) is -4.57. The first-order valence-corrected chi connectivity index (χ1v) is 8.03. The van der Waals surface area contributed by atoms with Gasteiger partial charge >= 0.3 is 5.76 Å². The zero-order valence-corrected chi connectivity index (χ0v) is 12.0. The van der Waals surface area contributed by atoms with Crippen LogP contribution >= 0.6 is 0 Å². The number of anilines is 1. The molecule has 1 aliphatic rings. The SMILES string of the molecule is NC(=O)[C@@H]1CCCN(c2ccc(S(=O)(=O)C(F)F)cc2)C1. The van der Waals surface area contributed by atoms with E-state index in [1.807, 2.05) is 4.90 Å². The van der Waals surface area contributed by atoms with E-state index in [4.69, 9.17) is 5.73 Å². The average Bonchev–Trinajstić information content (AvgIpc) is 2.47. The van der Waals surface area contributed by atoms with Gasteiger partial charge in [0, 0.05) is 18.8 Å². The van der Waals surface area contributed by atoms with Crippen molar-refractivity contribution in [3.63, 3.8) is 0 Å². The summed E-state index contributed by atoms with van der Waals surface area (Å²) in [6.07, 6.45) is 1.52. The predicted octanol–water partition coefficient (Wildman–Crippen LogP) is 1.38. The largest absolute Gasteiger partial charge is 0.371 e. The summed E-state index contributed by atoms with van der Waals surface area (Å²) < 4.78 is 47.6. The molecule has 0 saturated carbocycles. The number of carbonyl (C=O) groups is 1. The molecule has 1 atom stereocenters. The lowest BCUT2D eigenvalue weighted by atomic mass is 9.97. The molecule has 1 aromatic carbocycles. The number of nitrogens with zero attached hydrogens (tertiary/aromatic N) is 1. The van der Waals surface area contributed by atoms with Gasteiger partial charge in [-0.25, -0.2) is 8.42 Å². The minimum absolute atomic E-state index is 0.247. The van der Waals surface area contributed by atoms with Crippen LogP contribution in [0.3, 0.4) is 0 Å². The smallest absolute Gasteiger partial charge is 0.341 e. The second-order valence-electron chi connectivity index (χ2n) is 4.99. The van der Waals surface area contributed by atoms with Crippen molar-refractivity contribution in [2.24, 2.45) is 11.7 Å². The molecular weight excluding hydrogens is 302 g/mol. The Bertz CT molecular complexity index is 617. The number of carbonyl (C=O) groups excluding carboxylic acids is 1. The van der Waals surface area contributed by atoms with Gasteiger partial charge < -0.3 is 10.6 Å². The summed E-state index contributed by atoms with van der Waals surface area (Å²) in [6.45, 7) is 1.17. The van der Waals surface area contributed by atoms with E-state index in [0.29, 0.717) is 18.8 Å². The van der Waals surface area contributed by atoms with Crippen molar-refractivity contribution in [2.75, 3.05) is 18.0 Å². The first-order valence-electron chi connectivity index (χ1n) is 6.48. The molecule has 1 amide bonds. The lowest BCUT2D eigenvalue weighted by Crippen LogP contribution is -2.41. The number of primary amides is 1. The summed E-state index contributed by atoms with van der Waals surface area (Å²) in [5.74, 6) is -4.04. The number of sulfone groups is 1. The molecular formula is C13H16F2N2O3S. The maximum Gasteiger partial charge on any atom is 0.341 e. The molecule has 1 heterocycles. The average molecular weight is 318 g/mol. The lowest BCUT2D eigenvalue weighted by molar-refractivity contribution is -0.122. The fraction of sp³-hybridized carbons (Fsp3) is 0.462. The summed E-state index contributed by atoms with van der Waals surface area (Å²) in [6, 6.07) is 5.26. The monoisotopic (exact) mass is 318 g/mol. The fourth-order valence-electron chi connectivity index (χ4n) is 2.39. The van der Waals surface area contributed by atoms with E-state index in [0.717, 1.165) is 25.0 Å². The number of amides is 1. The van der Waals surface area contributed by atoms with Crippen LogP contribution in [0, 0.1) is 5.92 Å². The van der Waals surface area contributed by atoms with E-state index in [9.17, 15) is 22.0 Å². The molecule has 21 heavy (non-hydrogen) atoms. The Kier molecular flexibility index (Phi) is 4.46. The summed E-state index contributed by atoms with van der Waals surface area (Å²) in [5.41, 5.74) is 5.98. The van der Waals surface area contributed by atoms with Gasteiger partial charge in [0.2, 0.25) is 15.7 Å². The Labute approximate surface area is 121 Å². The van der Waals surface area contributed by atoms with Crippen LogP contribution in [0.1, 0.15) is 12.8 Å². The third kappa shape index (κ3) is 3.31. The van der Waals surface area contributed by atoms with Gasteiger partial charge in [0.15, 0.2) is 0 Å². The van der Waals surface area contributed by atoms with Crippen LogP contribution in [0.2, 0.25) is 0 Å². The van der Waals surface area contributed by atoms with Crippen LogP contribution in [0.5, 0.6) is 0 Å². The number of nitrogens with two attached hydrogens (primary N) is 1. The number of piperidine rings is 1. The molecule has 1 saturated heterocycles. The normalized spacial score (nSPS) is 19.8. The van der Waals surface area contributed by atoms with E-state index >= 15 is 0 Å². The predicted molar refractivity (Wildman–Crippen MR) is 73.8 cm³/mol. The van der Waals surface area contributed by atoms with Crippen molar-refractivity contribution in [2.45, 2.75) is 23.5 Å². The van der Waals surface area contributed by atoms with Gasteiger partial charge in [-0.2, -0.15) is 8.78 Å². The molecule has 0 radical (unpaired) electrons. The first kappa shape index (κ1) is 15.7. The number of benzene rings is 1. The van der Waals surface area contributed by atoms with Gasteiger partial charge in [-0.15, -0.1) is 0 Å². The van der Waals surface area contributed by atoms with Gasteiger partial charge in [0.05, 0.1) is 10.8 Å². The third-order valence-corrected chi connectivity index (χ3v) is 4.99. The number of hydrogen-bond donors (Lipinski definition) is 1. The lowest BCUT2D eigenvalue weighted by Gasteiger charge is -2.33. The molecule has 2 N–H and O–H groups in total. The molecule has 5 nitrogen and oxygen atoms in total. The first-order chi connectivity index (χ1) is 9.82. The van der Waals surface area contributed by atoms with Gasteiger partial charge in [-0.3, -0.25) is 4.79 Å². The highest BCUT2D eigenvalue weighted by atomic mass is 32.2. The quantitative estimate of drug-likeness (QED) is 0.909. The van der Waals surface area contributed by atoms with E-state index < -0.39 is 20.5 Å². The Morgan fingerprint density at radius 2 is 1.90 bits per heavy atom. The Balaban J connectivity index is 2.18. The maximum atomic E-state index is 12.4. The molecule has 116 valence electrons. The fourth-order valence-corrected chi connectivity index (χ4v) is 3.11. The Morgan fingerprint density at radius 1 is 1.29 bits per heavy atom. The van der Waals surface area contributed by atoms with Crippen molar-refractivity contribution in [1.82, 2.24) is 0 Å². The van der Waals surface area contributed by atoms with Crippen molar-refractivity contribution in [1.29, 1.82) is 0 Å². The van der Waals surface area contributed by atoms with Crippen LogP contribution in [-0.4, -0.2) is 33.2 Å². The van der Waals surface area contributed by atoms with Crippen molar-refractivity contribution in [3.8, 4) is 0 Å². The molecule has 1 aliphatic heterocycles. The Morgan fingerprint density at radius 3 is 2.43 bits per heavy atom. The summed E-state index contributed by atoms with van der Waals surface area (Å²) in [5, 5.41) is 0. The topological polar surface area (TPSA) is 80.5 Å². The molecule has 2 rings (SSSR count). The summed E-state index contributed by atoms with van der Waals surface area (Å²) in [4.78, 5) is 12.7. The molecule has 0 unspecified atom stereocenters. The second-order valence-corrected chi connectivity index (χ2v) is 6.90.